The summed E-state index contributed by atoms with van der Waals surface area (Å²) in [6.45, 7) is 2.40. The van der Waals surface area contributed by atoms with E-state index in [1.807, 2.05) is 6.92 Å². The van der Waals surface area contributed by atoms with Crippen molar-refractivity contribution in [2.75, 3.05) is 6.61 Å². The van der Waals surface area contributed by atoms with Crippen molar-refractivity contribution in [3.8, 4) is 0 Å². The molecule has 1 heterocycles. The Bertz CT molecular complexity index is 1030. The Kier molecular flexibility index (Phi) is 6.97. The number of unbranched alkanes of at least 4 members (excludes halogenated alkanes) is 1. The second kappa shape index (κ2) is 9.84. The highest BCUT2D eigenvalue weighted by molar-refractivity contribution is 8.18. The second-order valence-electron chi connectivity index (χ2n) is 6.33. The van der Waals surface area contributed by atoms with E-state index in [1.54, 1.807) is 42.5 Å². The van der Waals surface area contributed by atoms with Gasteiger partial charge in [0.05, 0.1) is 33.2 Å². The number of para-hydroxylation sites is 1. The number of rotatable bonds is 7. The van der Waals surface area contributed by atoms with Gasteiger partial charge in [-0.05, 0) is 54.6 Å². The molecule has 9 heteroatoms. The average Bonchev–Trinajstić information content (AvgIpc) is 3.07. The second-order valence-corrected chi connectivity index (χ2v) is 7.36. The van der Waals surface area contributed by atoms with Crippen LogP contribution in [0.2, 0.25) is 0 Å². The van der Waals surface area contributed by atoms with E-state index in [1.165, 1.54) is 12.1 Å². The fourth-order valence-electron chi connectivity index (χ4n) is 2.58. The summed E-state index contributed by atoms with van der Waals surface area (Å²) in [5.74, 6) is -0.770. The summed E-state index contributed by atoms with van der Waals surface area (Å²) in [6.07, 6.45) is 3.23. The fraction of sp³-hybridized carbons (Fsp3) is 0.190. The zero-order valence-corrected chi connectivity index (χ0v) is 17.0. The maximum Gasteiger partial charge on any atom is 0.338 e. The monoisotopic (exact) mass is 425 g/mol. The summed E-state index contributed by atoms with van der Waals surface area (Å²) in [6, 6.07) is 12.7. The Morgan fingerprint density at radius 1 is 1.23 bits per heavy atom. The Hall–Kier alpha value is -3.46. The van der Waals surface area contributed by atoms with E-state index in [9.17, 15) is 19.7 Å². The van der Waals surface area contributed by atoms with Crippen LogP contribution in [0.5, 0.6) is 0 Å². The lowest BCUT2D eigenvalue weighted by molar-refractivity contribution is -0.385. The van der Waals surface area contributed by atoms with Gasteiger partial charge in [0.15, 0.2) is 5.17 Å². The molecular weight excluding hydrogens is 406 g/mol. The molecule has 0 atom stereocenters. The number of esters is 1. The third-order valence-corrected chi connectivity index (χ3v) is 5.05. The molecule has 1 aliphatic rings. The summed E-state index contributed by atoms with van der Waals surface area (Å²) in [5, 5.41) is 14.1. The molecule has 1 saturated heterocycles. The first-order chi connectivity index (χ1) is 14.5. The number of amides is 1. The number of carbonyl (C=O) groups is 2. The van der Waals surface area contributed by atoms with Crippen LogP contribution in [0.1, 0.15) is 35.7 Å². The third-order valence-electron chi connectivity index (χ3n) is 4.14. The fourth-order valence-corrected chi connectivity index (χ4v) is 3.41. The highest BCUT2D eigenvalue weighted by Crippen LogP contribution is 2.30. The molecule has 3 rings (SSSR count). The summed E-state index contributed by atoms with van der Waals surface area (Å²) < 4.78 is 5.16. The summed E-state index contributed by atoms with van der Waals surface area (Å²) in [5.41, 5.74) is 1.24. The molecule has 2 aromatic carbocycles. The van der Waals surface area contributed by atoms with Gasteiger partial charge in [-0.3, -0.25) is 14.9 Å². The van der Waals surface area contributed by atoms with E-state index in [0.717, 1.165) is 24.6 Å². The van der Waals surface area contributed by atoms with Gasteiger partial charge < -0.3 is 10.1 Å². The highest BCUT2D eigenvalue weighted by atomic mass is 32.2. The van der Waals surface area contributed by atoms with Crippen molar-refractivity contribution in [1.82, 2.24) is 5.32 Å². The molecule has 0 spiro atoms. The zero-order valence-electron chi connectivity index (χ0n) is 16.2. The molecule has 2 aromatic rings. The number of hydrogen-bond acceptors (Lipinski definition) is 7. The number of nitrogens with one attached hydrogen (secondary N) is 1. The SMILES string of the molecule is CCCCOC(=O)c1ccc(N=C2NC(=O)/C(=C/c3ccccc3[N+](=O)[O-])S2)cc1. The molecule has 0 unspecified atom stereocenters. The van der Waals surface area contributed by atoms with Crippen LogP contribution in [0.3, 0.4) is 0 Å². The van der Waals surface area contributed by atoms with E-state index < -0.39 is 4.92 Å². The van der Waals surface area contributed by atoms with Gasteiger partial charge in [0.25, 0.3) is 11.6 Å². The molecule has 1 aliphatic heterocycles. The standard InChI is InChI=1S/C21H19N3O5S/c1-2-3-12-29-20(26)14-8-10-16(11-9-14)22-21-23-19(25)18(30-21)13-15-6-4-5-7-17(15)24(27)28/h4-11,13H,2-3,12H2,1H3,(H,22,23,25)/b18-13-. The van der Waals surface area contributed by atoms with Crippen molar-refractivity contribution in [3.63, 3.8) is 0 Å². The number of hydrogen-bond donors (Lipinski definition) is 1. The molecule has 0 bridgehead atoms. The van der Waals surface area contributed by atoms with E-state index >= 15 is 0 Å². The average molecular weight is 425 g/mol. The van der Waals surface area contributed by atoms with Gasteiger partial charge in [0.2, 0.25) is 0 Å². The number of thioether (sulfide) groups is 1. The van der Waals surface area contributed by atoms with Crippen molar-refractivity contribution in [3.05, 3.63) is 74.7 Å². The first-order valence-electron chi connectivity index (χ1n) is 9.28. The maximum atomic E-state index is 12.2. The summed E-state index contributed by atoms with van der Waals surface area (Å²) >= 11 is 1.09. The van der Waals surface area contributed by atoms with Crippen molar-refractivity contribution >= 4 is 46.3 Å². The van der Waals surface area contributed by atoms with Crippen LogP contribution in [0, 0.1) is 10.1 Å². The van der Waals surface area contributed by atoms with Gasteiger partial charge in [-0.15, -0.1) is 0 Å². The molecule has 0 radical (unpaired) electrons. The first-order valence-corrected chi connectivity index (χ1v) is 10.1. The van der Waals surface area contributed by atoms with Crippen LogP contribution >= 0.6 is 11.8 Å². The van der Waals surface area contributed by atoms with E-state index in [2.05, 4.69) is 10.3 Å². The molecule has 1 amide bonds. The molecule has 154 valence electrons. The summed E-state index contributed by atoms with van der Waals surface area (Å²) in [7, 11) is 0. The number of nitro benzene ring substituents is 1. The minimum Gasteiger partial charge on any atom is -0.462 e. The number of ether oxygens (including phenoxy) is 1. The zero-order chi connectivity index (χ0) is 21.5. The third kappa shape index (κ3) is 5.32. The Labute approximate surface area is 177 Å². The van der Waals surface area contributed by atoms with Crippen molar-refractivity contribution in [1.29, 1.82) is 0 Å². The number of benzene rings is 2. The van der Waals surface area contributed by atoms with Gasteiger partial charge in [-0.25, -0.2) is 9.79 Å². The largest absolute Gasteiger partial charge is 0.462 e. The lowest BCUT2D eigenvalue weighted by atomic mass is 10.1. The first kappa shape index (κ1) is 21.3. The molecule has 1 fully saturated rings. The predicted molar refractivity (Wildman–Crippen MR) is 116 cm³/mol. The minimum atomic E-state index is -0.492. The Balaban J connectivity index is 1.72. The molecule has 0 saturated carbocycles. The van der Waals surface area contributed by atoms with Gasteiger partial charge in [-0.1, -0.05) is 25.5 Å². The normalized spacial score (nSPS) is 16.0. The topological polar surface area (TPSA) is 111 Å². The Morgan fingerprint density at radius 3 is 2.67 bits per heavy atom. The van der Waals surface area contributed by atoms with E-state index in [-0.39, 0.29) is 17.6 Å². The van der Waals surface area contributed by atoms with Crippen molar-refractivity contribution < 1.29 is 19.2 Å². The van der Waals surface area contributed by atoms with Crippen molar-refractivity contribution in [2.24, 2.45) is 4.99 Å². The number of carbonyl (C=O) groups excluding carboxylic acids is 2. The molecule has 0 aliphatic carbocycles. The van der Waals surface area contributed by atoms with Gasteiger partial charge in [-0.2, -0.15) is 0 Å². The van der Waals surface area contributed by atoms with Crippen LogP contribution in [0.25, 0.3) is 6.08 Å². The molecular formula is C21H19N3O5S. The lowest BCUT2D eigenvalue weighted by Crippen LogP contribution is -2.19. The van der Waals surface area contributed by atoms with E-state index in [0.29, 0.717) is 33.5 Å². The smallest absolute Gasteiger partial charge is 0.338 e. The van der Waals surface area contributed by atoms with Gasteiger partial charge in [0, 0.05) is 6.07 Å². The maximum absolute atomic E-state index is 12.2. The van der Waals surface area contributed by atoms with Crippen molar-refractivity contribution in [2.45, 2.75) is 19.8 Å². The highest BCUT2D eigenvalue weighted by Gasteiger charge is 2.25. The molecule has 1 N–H and O–H groups in total. The lowest BCUT2D eigenvalue weighted by Gasteiger charge is -2.04. The quantitative estimate of drug-likeness (QED) is 0.231. The molecule has 0 aromatic heterocycles. The Morgan fingerprint density at radius 2 is 1.97 bits per heavy atom. The van der Waals surface area contributed by atoms with Crippen LogP contribution in [-0.4, -0.2) is 28.6 Å². The number of nitro groups is 1. The number of nitrogens with zero attached hydrogens (tertiary/aromatic N) is 2. The van der Waals surface area contributed by atoms with Crippen LogP contribution < -0.4 is 5.32 Å². The number of amidine groups is 1. The van der Waals surface area contributed by atoms with Gasteiger partial charge in [0.1, 0.15) is 0 Å². The van der Waals surface area contributed by atoms with Gasteiger partial charge >= 0.3 is 5.97 Å². The summed E-state index contributed by atoms with van der Waals surface area (Å²) in [4.78, 5) is 39.5. The van der Waals surface area contributed by atoms with Crippen LogP contribution in [-0.2, 0) is 9.53 Å². The van der Waals surface area contributed by atoms with Crippen LogP contribution in [0.4, 0.5) is 11.4 Å². The molecule has 30 heavy (non-hydrogen) atoms. The van der Waals surface area contributed by atoms with E-state index in [4.69, 9.17) is 4.74 Å². The number of aliphatic imine (C=N–C) groups is 1. The van der Waals surface area contributed by atoms with Crippen LogP contribution in [0.15, 0.2) is 58.4 Å². The predicted octanol–water partition coefficient (Wildman–Crippen LogP) is 4.44. The molecule has 8 nitrogen and oxygen atoms in total. The minimum absolute atomic E-state index is 0.0785.